The van der Waals surface area contributed by atoms with E-state index < -0.39 is 42.8 Å². The maximum absolute atomic E-state index is 12.3. The van der Waals surface area contributed by atoms with Gasteiger partial charge in [-0.25, -0.2) is 9.59 Å². The van der Waals surface area contributed by atoms with Crippen LogP contribution in [0.3, 0.4) is 0 Å². The molecule has 0 aromatic carbocycles. The Balaban J connectivity index is 2.41. The lowest BCUT2D eigenvalue weighted by atomic mass is 9.85. The van der Waals surface area contributed by atoms with Gasteiger partial charge in [0.1, 0.15) is 12.2 Å². The summed E-state index contributed by atoms with van der Waals surface area (Å²) in [5.41, 5.74) is 2.11. The molecule has 2 aliphatic rings. The number of aliphatic hydroxyl groups is 2. The summed E-state index contributed by atoms with van der Waals surface area (Å²) in [5, 5.41) is 19.4. The molecular formula is C20H26O6. The molecule has 2 N–H and O–H groups in total. The summed E-state index contributed by atoms with van der Waals surface area (Å²) >= 11 is 0. The lowest BCUT2D eigenvalue weighted by molar-refractivity contribution is -0.147. The van der Waals surface area contributed by atoms with Crippen LogP contribution >= 0.6 is 0 Å². The largest absolute Gasteiger partial charge is 0.458 e. The van der Waals surface area contributed by atoms with Gasteiger partial charge in [0.2, 0.25) is 0 Å². The maximum atomic E-state index is 12.3. The summed E-state index contributed by atoms with van der Waals surface area (Å²) in [7, 11) is 0. The molecular weight excluding hydrogens is 336 g/mol. The van der Waals surface area contributed by atoms with Crippen LogP contribution in [0.2, 0.25) is 0 Å². The minimum Gasteiger partial charge on any atom is -0.458 e. The van der Waals surface area contributed by atoms with Gasteiger partial charge in [0.15, 0.2) is 0 Å². The molecule has 26 heavy (non-hydrogen) atoms. The van der Waals surface area contributed by atoms with E-state index in [1.54, 1.807) is 19.1 Å². The Labute approximate surface area is 153 Å². The third kappa shape index (κ3) is 4.51. The molecule has 0 radical (unpaired) electrons. The fourth-order valence-electron chi connectivity index (χ4n) is 3.36. The van der Waals surface area contributed by atoms with E-state index in [2.05, 4.69) is 6.58 Å². The highest BCUT2D eigenvalue weighted by Gasteiger charge is 2.44. The molecule has 1 aliphatic heterocycles. The van der Waals surface area contributed by atoms with Crippen LogP contribution < -0.4 is 0 Å². The first-order valence-electron chi connectivity index (χ1n) is 8.66. The van der Waals surface area contributed by atoms with Crippen molar-refractivity contribution < 1.29 is 29.3 Å². The third-order valence-corrected chi connectivity index (χ3v) is 4.68. The molecule has 6 heteroatoms. The van der Waals surface area contributed by atoms with Crippen LogP contribution in [0, 0.1) is 5.92 Å². The summed E-state index contributed by atoms with van der Waals surface area (Å²) in [5.74, 6) is -1.67. The lowest BCUT2D eigenvalue weighted by Crippen LogP contribution is -2.34. The predicted molar refractivity (Wildman–Crippen MR) is 96.0 cm³/mol. The van der Waals surface area contributed by atoms with Crippen LogP contribution in [0.4, 0.5) is 0 Å². The quantitative estimate of drug-likeness (QED) is 0.453. The molecule has 0 saturated carbocycles. The number of allylic oxidation sites excluding steroid dienone is 1. The fraction of sp³-hybridized carbons (Fsp3) is 0.500. The van der Waals surface area contributed by atoms with E-state index in [4.69, 9.17) is 9.47 Å². The van der Waals surface area contributed by atoms with Crippen LogP contribution in [-0.2, 0) is 19.1 Å². The van der Waals surface area contributed by atoms with Crippen molar-refractivity contribution >= 4 is 11.9 Å². The monoisotopic (exact) mass is 362 g/mol. The predicted octanol–water partition coefficient (Wildman–Crippen LogP) is 1.98. The summed E-state index contributed by atoms with van der Waals surface area (Å²) in [6.45, 7) is 8.72. The molecule has 0 unspecified atom stereocenters. The first-order chi connectivity index (χ1) is 12.3. The third-order valence-electron chi connectivity index (χ3n) is 4.68. The fourth-order valence-corrected chi connectivity index (χ4v) is 3.36. The van der Waals surface area contributed by atoms with E-state index >= 15 is 0 Å². The van der Waals surface area contributed by atoms with Gasteiger partial charge in [-0.05, 0) is 33.3 Å². The second-order valence-corrected chi connectivity index (χ2v) is 6.84. The molecule has 2 rings (SSSR count). The minimum absolute atomic E-state index is 0.142. The Hall–Kier alpha value is -2.18. The lowest BCUT2D eigenvalue weighted by Gasteiger charge is -2.28. The van der Waals surface area contributed by atoms with Crippen molar-refractivity contribution in [1.82, 2.24) is 0 Å². The zero-order valence-electron chi connectivity index (χ0n) is 15.4. The van der Waals surface area contributed by atoms with Crippen LogP contribution in [0.1, 0.15) is 33.6 Å². The Morgan fingerprint density at radius 3 is 2.62 bits per heavy atom. The number of aliphatic hydroxyl groups excluding tert-OH is 2. The second kappa shape index (κ2) is 8.47. The SMILES string of the molecule is C=C1C(=O)O[C@@H]2/C=C(\C)C[C@H](O)C=C(C)C[C@@H](OC(=O)/C(=C\C)CO)[C@@H]12. The van der Waals surface area contributed by atoms with Gasteiger partial charge in [0, 0.05) is 12.0 Å². The molecule has 1 heterocycles. The molecule has 4 atom stereocenters. The van der Waals surface area contributed by atoms with Gasteiger partial charge in [-0.1, -0.05) is 29.9 Å². The summed E-state index contributed by atoms with van der Waals surface area (Å²) < 4.78 is 11.0. The van der Waals surface area contributed by atoms with Gasteiger partial charge in [0.05, 0.1) is 24.2 Å². The van der Waals surface area contributed by atoms with Gasteiger partial charge >= 0.3 is 11.9 Å². The zero-order chi connectivity index (χ0) is 19.4. The molecule has 1 aliphatic carbocycles. The molecule has 142 valence electrons. The molecule has 0 aromatic rings. The number of esters is 2. The summed E-state index contributed by atoms with van der Waals surface area (Å²) in [6, 6.07) is 0. The molecule has 1 saturated heterocycles. The Morgan fingerprint density at radius 2 is 2.00 bits per heavy atom. The topological polar surface area (TPSA) is 93.1 Å². The van der Waals surface area contributed by atoms with Crippen LogP contribution in [0.25, 0.3) is 0 Å². The van der Waals surface area contributed by atoms with Gasteiger partial charge in [-0.2, -0.15) is 0 Å². The van der Waals surface area contributed by atoms with Crippen LogP contribution in [0.5, 0.6) is 0 Å². The van der Waals surface area contributed by atoms with Crippen molar-refractivity contribution in [2.45, 2.75) is 51.9 Å². The molecule has 0 amide bonds. The number of carbonyl (C=O) groups is 2. The van der Waals surface area contributed by atoms with Crippen LogP contribution in [-0.4, -0.2) is 47.1 Å². The van der Waals surface area contributed by atoms with Crippen molar-refractivity contribution in [1.29, 1.82) is 0 Å². The number of hydrogen-bond donors (Lipinski definition) is 2. The van der Waals surface area contributed by atoms with E-state index in [1.165, 1.54) is 6.08 Å². The van der Waals surface area contributed by atoms with E-state index in [9.17, 15) is 19.8 Å². The number of carbonyl (C=O) groups excluding carboxylic acids is 2. The highest BCUT2D eigenvalue weighted by Crippen LogP contribution is 2.36. The number of rotatable bonds is 3. The molecule has 1 fully saturated rings. The highest BCUT2D eigenvalue weighted by molar-refractivity contribution is 5.92. The van der Waals surface area contributed by atoms with Gasteiger partial charge in [0.25, 0.3) is 0 Å². The minimum atomic E-state index is -0.696. The molecule has 0 aromatic heterocycles. The standard InChI is InChI=1S/C20H26O6/c1-5-14(10-21)20(24)26-17-9-12(3)7-15(22)6-11(2)8-16-18(17)13(4)19(23)25-16/h5,7-8,15-18,21-22H,4,6,9-10H2,1-3H3/b11-8+,12-7?,14-5-/t15-,16+,17+,18-/m0/s1. The van der Waals surface area contributed by atoms with Gasteiger partial charge < -0.3 is 19.7 Å². The Bertz CT molecular complexity index is 684. The normalized spacial score (nSPS) is 32.1. The summed E-state index contributed by atoms with van der Waals surface area (Å²) in [6.07, 6.45) is 3.79. The number of fused-ring (bicyclic) bond motifs is 1. The highest BCUT2D eigenvalue weighted by atomic mass is 16.6. The zero-order valence-corrected chi connectivity index (χ0v) is 15.4. The van der Waals surface area contributed by atoms with E-state index in [1.807, 2.05) is 13.8 Å². The number of hydrogen-bond acceptors (Lipinski definition) is 6. The summed E-state index contributed by atoms with van der Waals surface area (Å²) in [4.78, 5) is 24.4. The maximum Gasteiger partial charge on any atom is 0.336 e. The second-order valence-electron chi connectivity index (χ2n) is 6.84. The van der Waals surface area contributed by atoms with Crippen molar-refractivity contribution in [2.75, 3.05) is 6.61 Å². The van der Waals surface area contributed by atoms with Gasteiger partial charge in [-0.15, -0.1) is 0 Å². The van der Waals surface area contributed by atoms with E-state index in [0.29, 0.717) is 12.8 Å². The molecule has 0 bridgehead atoms. The van der Waals surface area contributed by atoms with Crippen molar-refractivity contribution in [3.63, 3.8) is 0 Å². The van der Waals surface area contributed by atoms with E-state index in [-0.39, 0.29) is 11.1 Å². The molecule has 0 spiro atoms. The average Bonchev–Trinajstić information content (AvgIpc) is 2.81. The van der Waals surface area contributed by atoms with Gasteiger partial charge in [-0.3, -0.25) is 0 Å². The Morgan fingerprint density at radius 1 is 1.35 bits per heavy atom. The first-order valence-corrected chi connectivity index (χ1v) is 8.66. The van der Waals surface area contributed by atoms with Crippen molar-refractivity contribution in [2.24, 2.45) is 5.92 Å². The van der Waals surface area contributed by atoms with E-state index in [0.717, 1.165) is 11.1 Å². The average molecular weight is 362 g/mol. The smallest absolute Gasteiger partial charge is 0.336 e. The molecule has 6 nitrogen and oxygen atoms in total. The first kappa shape index (κ1) is 20.1. The number of ether oxygens (including phenoxy) is 2. The van der Waals surface area contributed by atoms with Crippen molar-refractivity contribution in [3.05, 3.63) is 47.1 Å². The van der Waals surface area contributed by atoms with Crippen LogP contribution in [0.15, 0.2) is 47.1 Å². The van der Waals surface area contributed by atoms with Crippen molar-refractivity contribution in [3.8, 4) is 0 Å². The Kier molecular flexibility index (Phi) is 6.56.